The van der Waals surface area contributed by atoms with Crippen LogP contribution in [0.5, 0.6) is 5.75 Å². The quantitative estimate of drug-likeness (QED) is 0.362. The number of rotatable bonds is 5. The van der Waals surface area contributed by atoms with Crippen LogP contribution in [-0.4, -0.2) is 20.7 Å². The third kappa shape index (κ3) is 3.65. The molecule has 0 unspecified atom stereocenters. The summed E-state index contributed by atoms with van der Waals surface area (Å²) in [6.07, 6.45) is 0.0104. The molecule has 0 saturated carbocycles. The number of nitriles is 1. The Morgan fingerprint density at radius 3 is 2.24 bits per heavy atom. The molecule has 172 valence electrons. The number of carbonyl (C=O) groups is 1. The van der Waals surface area contributed by atoms with Gasteiger partial charge in [0.15, 0.2) is 23.2 Å². The van der Waals surface area contributed by atoms with E-state index in [2.05, 4.69) is 6.07 Å². The zero-order valence-corrected chi connectivity index (χ0v) is 18.2. The molecule has 0 bridgehead atoms. The van der Waals surface area contributed by atoms with Crippen molar-refractivity contribution in [2.75, 3.05) is 0 Å². The minimum absolute atomic E-state index is 0.0104. The van der Waals surface area contributed by atoms with E-state index in [9.17, 15) is 33.4 Å². The standard InChI is InChI=1S/C26H19F3N2O3/c1-26(2,11-12-30)24-21(14-3-5-15(6-4-14)25(33)34)22-20(10-9-18(28)23(22)32)31(24)16-7-8-17(27)19(29)13-16/h3-10,13,32H,11H2,1-2H3,(H,33,34). The summed E-state index contributed by atoms with van der Waals surface area (Å²) in [4.78, 5) is 11.3. The van der Waals surface area contributed by atoms with Crippen molar-refractivity contribution in [3.63, 3.8) is 0 Å². The molecule has 4 rings (SSSR count). The maximum atomic E-state index is 14.5. The van der Waals surface area contributed by atoms with Gasteiger partial charge in [-0.25, -0.2) is 18.0 Å². The van der Waals surface area contributed by atoms with Crippen molar-refractivity contribution in [1.82, 2.24) is 4.57 Å². The van der Waals surface area contributed by atoms with Gasteiger partial charge in [0.05, 0.1) is 22.5 Å². The van der Waals surface area contributed by atoms with E-state index in [-0.39, 0.29) is 23.1 Å². The molecule has 2 N–H and O–H groups in total. The molecule has 0 radical (unpaired) electrons. The molecule has 0 aliphatic rings. The molecule has 8 heteroatoms. The number of fused-ring (bicyclic) bond motifs is 1. The summed E-state index contributed by atoms with van der Waals surface area (Å²) >= 11 is 0. The minimum Gasteiger partial charge on any atom is -0.504 e. The van der Waals surface area contributed by atoms with Gasteiger partial charge in [0.1, 0.15) is 0 Å². The van der Waals surface area contributed by atoms with Crippen LogP contribution in [0.25, 0.3) is 27.7 Å². The number of phenolic OH excluding ortho intramolecular Hbond substituents is 1. The van der Waals surface area contributed by atoms with Crippen LogP contribution in [0.2, 0.25) is 0 Å². The zero-order chi connectivity index (χ0) is 24.8. The monoisotopic (exact) mass is 464 g/mol. The molecule has 1 aromatic heterocycles. The predicted molar refractivity (Wildman–Crippen MR) is 120 cm³/mol. The average molecular weight is 464 g/mol. The molecule has 0 spiro atoms. The first-order valence-electron chi connectivity index (χ1n) is 10.3. The predicted octanol–water partition coefficient (Wildman–Crippen LogP) is 6.31. The summed E-state index contributed by atoms with van der Waals surface area (Å²) < 4.78 is 44.0. The van der Waals surface area contributed by atoms with Crippen LogP contribution in [0.1, 0.15) is 36.3 Å². The van der Waals surface area contributed by atoms with Gasteiger partial charge in [-0.15, -0.1) is 0 Å². The van der Waals surface area contributed by atoms with Crippen molar-refractivity contribution in [1.29, 1.82) is 5.26 Å². The summed E-state index contributed by atoms with van der Waals surface area (Å²) in [6, 6.07) is 13.7. The van der Waals surface area contributed by atoms with Crippen molar-refractivity contribution in [2.24, 2.45) is 0 Å². The molecular formula is C26H19F3N2O3. The van der Waals surface area contributed by atoms with Gasteiger partial charge in [-0.1, -0.05) is 26.0 Å². The molecule has 1 heterocycles. The third-order valence-corrected chi connectivity index (χ3v) is 5.80. The van der Waals surface area contributed by atoms with Gasteiger partial charge in [0.25, 0.3) is 0 Å². The highest BCUT2D eigenvalue weighted by molar-refractivity contribution is 6.04. The Balaban J connectivity index is 2.21. The molecule has 4 aromatic rings. The topological polar surface area (TPSA) is 86.2 Å². The molecule has 34 heavy (non-hydrogen) atoms. The lowest BCUT2D eigenvalue weighted by molar-refractivity contribution is 0.0697. The van der Waals surface area contributed by atoms with Crippen molar-refractivity contribution >= 4 is 16.9 Å². The first kappa shape index (κ1) is 22.9. The minimum atomic E-state index is -1.13. The second kappa shape index (κ2) is 8.27. The van der Waals surface area contributed by atoms with Crippen molar-refractivity contribution < 1.29 is 28.2 Å². The Morgan fingerprint density at radius 2 is 1.65 bits per heavy atom. The van der Waals surface area contributed by atoms with Gasteiger partial charge in [-0.2, -0.15) is 5.26 Å². The Kier molecular flexibility index (Phi) is 5.57. The molecule has 5 nitrogen and oxygen atoms in total. The van der Waals surface area contributed by atoms with E-state index in [4.69, 9.17) is 0 Å². The van der Waals surface area contributed by atoms with E-state index in [1.165, 1.54) is 36.4 Å². The highest BCUT2D eigenvalue weighted by atomic mass is 19.2. The summed E-state index contributed by atoms with van der Waals surface area (Å²) in [5, 5.41) is 29.6. The van der Waals surface area contributed by atoms with Crippen LogP contribution in [0.15, 0.2) is 54.6 Å². The van der Waals surface area contributed by atoms with E-state index < -0.39 is 34.6 Å². The van der Waals surface area contributed by atoms with Gasteiger partial charge in [-0.3, -0.25) is 0 Å². The first-order valence-corrected chi connectivity index (χ1v) is 10.3. The van der Waals surface area contributed by atoms with Crippen molar-refractivity contribution in [3.8, 4) is 28.6 Å². The third-order valence-electron chi connectivity index (χ3n) is 5.80. The van der Waals surface area contributed by atoms with E-state index in [0.717, 1.165) is 18.2 Å². The first-order chi connectivity index (χ1) is 16.1. The van der Waals surface area contributed by atoms with E-state index in [0.29, 0.717) is 22.3 Å². The van der Waals surface area contributed by atoms with Crippen LogP contribution in [0, 0.1) is 28.8 Å². The SMILES string of the molecule is CC(C)(CC#N)c1c(-c2ccc(C(=O)O)cc2)c2c(O)c(F)ccc2n1-c1ccc(F)c(F)c1. The van der Waals surface area contributed by atoms with Crippen LogP contribution in [-0.2, 0) is 5.41 Å². The highest BCUT2D eigenvalue weighted by Crippen LogP contribution is 2.47. The number of hydrogen-bond acceptors (Lipinski definition) is 3. The summed E-state index contributed by atoms with van der Waals surface area (Å²) in [5.41, 5.74) is 0.905. The number of halogens is 3. The fourth-order valence-electron chi connectivity index (χ4n) is 4.21. The van der Waals surface area contributed by atoms with Crippen LogP contribution in [0.3, 0.4) is 0 Å². The molecule has 0 atom stereocenters. The van der Waals surface area contributed by atoms with Gasteiger partial charge in [0, 0.05) is 34.8 Å². The van der Waals surface area contributed by atoms with Gasteiger partial charge >= 0.3 is 5.97 Å². The lowest BCUT2D eigenvalue weighted by Crippen LogP contribution is -2.22. The number of aromatic carboxylic acids is 1. The lowest BCUT2D eigenvalue weighted by atomic mass is 9.81. The fraction of sp³-hybridized carbons (Fsp3) is 0.154. The molecular weight excluding hydrogens is 445 g/mol. The molecule has 0 aliphatic carbocycles. The normalized spacial score (nSPS) is 11.5. The van der Waals surface area contributed by atoms with Gasteiger partial charge in [-0.05, 0) is 42.0 Å². The average Bonchev–Trinajstić information content (AvgIpc) is 3.15. The number of carboxylic acids is 1. The highest BCUT2D eigenvalue weighted by Gasteiger charge is 2.33. The zero-order valence-electron chi connectivity index (χ0n) is 18.2. The Bertz CT molecular complexity index is 1480. The van der Waals surface area contributed by atoms with Crippen molar-refractivity contribution in [3.05, 3.63) is 83.3 Å². The summed E-state index contributed by atoms with van der Waals surface area (Å²) in [5.74, 6) is -4.80. The van der Waals surface area contributed by atoms with Crippen molar-refractivity contribution in [2.45, 2.75) is 25.7 Å². The maximum Gasteiger partial charge on any atom is 0.335 e. The second-order valence-electron chi connectivity index (χ2n) is 8.55. The summed E-state index contributed by atoms with van der Waals surface area (Å²) in [7, 11) is 0. The van der Waals surface area contributed by atoms with E-state index >= 15 is 0 Å². The number of hydrogen-bond donors (Lipinski definition) is 2. The van der Waals surface area contributed by atoms with Crippen LogP contribution >= 0.6 is 0 Å². The Labute approximate surface area is 192 Å². The van der Waals surface area contributed by atoms with Gasteiger partial charge in [0.2, 0.25) is 0 Å². The number of phenols is 1. The molecule has 0 saturated heterocycles. The number of carboxylic acid groups (broad SMARTS) is 1. The van der Waals surface area contributed by atoms with Gasteiger partial charge < -0.3 is 14.8 Å². The largest absolute Gasteiger partial charge is 0.504 e. The second-order valence-corrected chi connectivity index (χ2v) is 8.55. The molecule has 0 amide bonds. The number of nitrogens with zero attached hydrogens (tertiary/aromatic N) is 2. The number of benzene rings is 3. The fourth-order valence-corrected chi connectivity index (χ4v) is 4.21. The molecule has 3 aromatic carbocycles. The number of aromatic nitrogens is 1. The van der Waals surface area contributed by atoms with Crippen LogP contribution in [0.4, 0.5) is 13.2 Å². The van der Waals surface area contributed by atoms with E-state index in [1.54, 1.807) is 18.4 Å². The Hall–Kier alpha value is -4.25. The lowest BCUT2D eigenvalue weighted by Gasteiger charge is -2.26. The Morgan fingerprint density at radius 1 is 1.00 bits per heavy atom. The van der Waals surface area contributed by atoms with Crippen LogP contribution < -0.4 is 0 Å². The molecule has 0 fully saturated rings. The number of aromatic hydroxyl groups is 1. The summed E-state index contributed by atoms with van der Waals surface area (Å²) in [6.45, 7) is 3.53. The smallest absolute Gasteiger partial charge is 0.335 e. The van der Waals surface area contributed by atoms with E-state index in [1.807, 2.05) is 0 Å². The molecule has 0 aliphatic heterocycles. The maximum absolute atomic E-state index is 14.5.